The number of amides is 2. The summed E-state index contributed by atoms with van der Waals surface area (Å²) in [4.78, 5) is 11.8. The highest BCUT2D eigenvalue weighted by Gasteiger charge is 2.38. The van der Waals surface area contributed by atoms with Gasteiger partial charge >= 0.3 is 6.03 Å². The number of carbonyl (C=O) groups is 1. The first-order valence-electron chi connectivity index (χ1n) is 7.53. The normalized spacial score (nSPS) is 30.9. The van der Waals surface area contributed by atoms with Crippen molar-refractivity contribution in [2.75, 3.05) is 24.6 Å². The quantitative estimate of drug-likeness (QED) is 0.779. The second-order valence-electron chi connectivity index (χ2n) is 6.10. The van der Waals surface area contributed by atoms with Crippen LogP contribution < -0.4 is 10.6 Å². The highest BCUT2D eigenvalue weighted by molar-refractivity contribution is 7.99. The zero-order valence-corrected chi connectivity index (χ0v) is 12.9. The molecular formula is C16H22N2O2S. The SMILES string of the molecule is O=C(NCC1CC1c1ccccc1)NCC1(O)CCSC1. The Morgan fingerprint density at radius 1 is 1.33 bits per heavy atom. The van der Waals surface area contributed by atoms with E-state index in [0.29, 0.717) is 30.7 Å². The van der Waals surface area contributed by atoms with Crippen LogP contribution in [0.4, 0.5) is 4.79 Å². The third-order valence-electron chi connectivity index (χ3n) is 4.34. The number of hydrogen-bond acceptors (Lipinski definition) is 3. The molecule has 3 atom stereocenters. The Morgan fingerprint density at radius 2 is 2.14 bits per heavy atom. The van der Waals surface area contributed by atoms with Crippen LogP contribution in [0.25, 0.3) is 0 Å². The van der Waals surface area contributed by atoms with Gasteiger partial charge in [-0.1, -0.05) is 30.3 Å². The van der Waals surface area contributed by atoms with Gasteiger partial charge in [0.1, 0.15) is 0 Å². The van der Waals surface area contributed by atoms with Crippen molar-refractivity contribution in [3.8, 4) is 0 Å². The molecule has 1 saturated carbocycles. The van der Waals surface area contributed by atoms with Crippen molar-refractivity contribution in [2.24, 2.45) is 5.92 Å². The van der Waals surface area contributed by atoms with Gasteiger partial charge in [0.25, 0.3) is 0 Å². The number of rotatable bonds is 5. The van der Waals surface area contributed by atoms with Gasteiger partial charge in [0.15, 0.2) is 0 Å². The molecule has 1 saturated heterocycles. The van der Waals surface area contributed by atoms with Crippen molar-refractivity contribution in [1.82, 2.24) is 10.6 Å². The molecule has 2 amide bonds. The van der Waals surface area contributed by atoms with E-state index in [1.165, 1.54) is 5.56 Å². The maximum Gasteiger partial charge on any atom is 0.314 e. The first-order chi connectivity index (χ1) is 10.2. The molecule has 3 unspecified atom stereocenters. The van der Waals surface area contributed by atoms with Crippen molar-refractivity contribution >= 4 is 17.8 Å². The van der Waals surface area contributed by atoms with Gasteiger partial charge in [0.2, 0.25) is 0 Å². The first kappa shape index (κ1) is 14.7. The fourth-order valence-corrected chi connectivity index (χ4v) is 4.14. The molecule has 1 aliphatic heterocycles. The summed E-state index contributed by atoms with van der Waals surface area (Å²) < 4.78 is 0. The molecule has 1 heterocycles. The third kappa shape index (κ3) is 3.92. The average Bonchev–Trinajstić information content (AvgIpc) is 3.17. The molecule has 2 fully saturated rings. The summed E-state index contributed by atoms with van der Waals surface area (Å²) in [5, 5.41) is 15.9. The Labute approximate surface area is 129 Å². The summed E-state index contributed by atoms with van der Waals surface area (Å²) in [6.07, 6.45) is 1.90. The average molecular weight is 306 g/mol. The van der Waals surface area contributed by atoms with Crippen LogP contribution >= 0.6 is 11.8 Å². The summed E-state index contributed by atoms with van der Waals surface area (Å²) in [6.45, 7) is 1.05. The second kappa shape index (κ2) is 6.28. The molecule has 5 heteroatoms. The molecule has 3 rings (SSSR count). The van der Waals surface area contributed by atoms with Gasteiger partial charge in [-0.05, 0) is 36.0 Å². The summed E-state index contributed by atoms with van der Waals surface area (Å²) in [5.74, 6) is 2.82. The summed E-state index contributed by atoms with van der Waals surface area (Å²) in [5.41, 5.74) is 0.649. The zero-order chi connectivity index (χ0) is 14.7. The van der Waals surface area contributed by atoms with E-state index in [4.69, 9.17) is 0 Å². The minimum Gasteiger partial charge on any atom is -0.387 e. The van der Waals surface area contributed by atoms with Crippen LogP contribution in [0.3, 0.4) is 0 Å². The van der Waals surface area contributed by atoms with Crippen LogP contribution in [-0.2, 0) is 0 Å². The zero-order valence-electron chi connectivity index (χ0n) is 12.0. The molecule has 21 heavy (non-hydrogen) atoms. The Balaban J connectivity index is 1.36. The molecule has 1 aromatic carbocycles. The number of hydrogen-bond donors (Lipinski definition) is 3. The Hall–Kier alpha value is -1.20. The fraction of sp³-hybridized carbons (Fsp3) is 0.562. The molecule has 0 aromatic heterocycles. The lowest BCUT2D eigenvalue weighted by Gasteiger charge is -2.21. The van der Waals surface area contributed by atoms with Crippen molar-refractivity contribution < 1.29 is 9.90 Å². The second-order valence-corrected chi connectivity index (χ2v) is 7.21. The monoisotopic (exact) mass is 306 g/mol. The minimum atomic E-state index is -0.714. The minimum absolute atomic E-state index is 0.168. The van der Waals surface area contributed by atoms with Crippen molar-refractivity contribution in [1.29, 1.82) is 0 Å². The van der Waals surface area contributed by atoms with Crippen LogP contribution in [0.5, 0.6) is 0 Å². The van der Waals surface area contributed by atoms with Crippen LogP contribution in [0.15, 0.2) is 30.3 Å². The molecule has 1 aliphatic carbocycles. The maximum atomic E-state index is 11.8. The number of benzene rings is 1. The maximum absolute atomic E-state index is 11.8. The van der Waals surface area contributed by atoms with E-state index in [0.717, 1.165) is 18.6 Å². The van der Waals surface area contributed by atoms with E-state index in [2.05, 4.69) is 34.9 Å². The Bertz CT molecular complexity index is 488. The standard InChI is InChI=1S/C16H22N2O2S/c19-15(18-10-16(20)6-7-21-11-16)17-9-13-8-14(13)12-4-2-1-3-5-12/h1-5,13-14,20H,6-11H2,(H2,17,18,19). The molecular weight excluding hydrogens is 284 g/mol. The third-order valence-corrected chi connectivity index (χ3v) is 5.57. The highest BCUT2D eigenvalue weighted by atomic mass is 32.2. The predicted octanol–water partition coefficient (Wildman–Crippen LogP) is 1.96. The van der Waals surface area contributed by atoms with Crippen molar-refractivity contribution in [3.05, 3.63) is 35.9 Å². The number of thioether (sulfide) groups is 1. The molecule has 0 bridgehead atoms. The summed E-state index contributed by atoms with van der Waals surface area (Å²) in [6, 6.07) is 10.3. The van der Waals surface area contributed by atoms with Gasteiger partial charge in [-0.25, -0.2) is 4.79 Å². The first-order valence-corrected chi connectivity index (χ1v) is 8.68. The molecule has 1 aromatic rings. The van der Waals surface area contributed by atoms with Crippen LogP contribution in [-0.4, -0.2) is 41.3 Å². The van der Waals surface area contributed by atoms with E-state index in [9.17, 15) is 9.90 Å². The van der Waals surface area contributed by atoms with Gasteiger partial charge in [-0.2, -0.15) is 11.8 Å². The number of carbonyl (C=O) groups excluding carboxylic acids is 1. The Kier molecular flexibility index (Phi) is 4.40. The Morgan fingerprint density at radius 3 is 2.86 bits per heavy atom. The molecule has 4 nitrogen and oxygen atoms in total. The molecule has 0 spiro atoms. The number of aliphatic hydroxyl groups is 1. The van der Waals surface area contributed by atoms with E-state index in [-0.39, 0.29) is 6.03 Å². The number of urea groups is 1. The van der Waals surface area contributed by atoms with Gasteiger partial charge in [0.05, 0.1) is 5.60 Å². The highest BCUT2D eigenvalue weighted by Crippen LogP contribution is 2.46. The van der Waals surface area contributed by atoms with E-state index in [1.54, 1.807) is 11.8 Å². The van der Waals surface area contributed by atoms with Gasteiger partial charge in [0, 0.05) is 18.8 Å². The van der Waals surface area contributed by atoms with Gasteiger partial charge in [-0.15, -0.1) is 0 Å². The molecule has 2 aliphatic rings. The number of nitrogens with one attached hydrogen (secondary N) is 2. The summed E-state index contributed by atoms with van der Waals surface area (Å²) >= 11 is 1.74. The fourth-order valence-electron chi connectivity index (χ4n) is 2.85. The topological polar surface area (TPSA) is 61.4 Å². The lowest BCUT2D eigenvalue weighted by molar-refractivity contribution is 0.0700. The molecule has 3 N–H and O–H groups in total. The van der Waals surface area contributed by atoms with Crippen molar-refractivity contribution in [3.63, 3.8) is 0 Å². The van der Waals surface area contributed by atoms with E-state index < -0.39 is 5.60 Å². The van der Waals surface area contributed by atoms with E-state index >= 15 is 0 Å². The lowest BCUT2D eigenvalue weighted by atomic mass is 10.0. The van der Waals surface area contributed by atoms with Gasteiger partial charge < -0.3 is 15.7 Å². The largest absolute Gasteiger partial charge is 0.387 e. The van der Waals surface area contributed by atoms with Crippen LogP contribution in [0.2, 0.25) is 0 Å². The lowest BCUT2D eigenvalue weighted by Crippen LogP contribution is -2.46. The smallest absolute Gasteiger partial charge is 0.314 e. The van der Waals surface area contributed by atoms with Crippen molar-refractivity contribution in [2.45, 2.75) is 24.4 Å². The molecule has 114 valence electrons. The van der Waals surface area contributed by atoms with Crippen LogP contribution in [0.1, 0.15) is 24.3 Å². The molecule has 0 radical (unpaired) electrons. The summed E-state index contributed by atoms with van der Waals surface area (Å²) in [7, 11) is 0. The van der Waals surface area contributed by atoms with Crippen LogP contribution in [0, 0.1) is 5.92 Å². The van der Waals surface area contributed by atoms with Gasteiger partial charge in [-0.3, -0.25) is 0 Å². The van der Waals surface area contributed by atoms with E-state index in [1.807, 2.05) is 6.07 Å². The predicted molar refractivity (Wildman–Crippen MR) is 85.6 cm³/mol.